The zero-order valence-corrected chi connectivity index (χ0v) is 19.6. The minimum absolute atomic E-state index is 0.0385. The quantitative estimate of drug-likeness (QED) is 0.421. The Morgan fingerprint density at radius 1 is 1.14 bits per heavy atom. The maximum Gasteiger partial charge on any atom is 0.419 e. The molecule has 11 heteroatoms. The fourth-order valence-electron chi connectivity index (χ4n) is 3.94. The average molecular weight is 502 g/mol. The molecule has 36 heavy (non-hydrogen) atoms. The van der Waals surface area contributed by atoms with Crippen LogP contribution in [0, 0.1) is 0 Å². The van der Waals surface area contributed by atoms with Crippen LogP contribution in [0.5, 0.6) is 5.75 Å². The van der Waals surface area contributed by atoms with E-state index < -0.39 is 17.6 Å². The third kappa shape index (κ3) is 5.80. The van der Waals surface area contributed by atoms with Crippen molar-refractivity contribution in [3.8, 4) is 5.75 Å². The number of primary amides is 1. The summed E-state index contributed by atoms with van der Waals surface area (Å²) in [5.74, 6) is 0.0462. The van der Waals surface area contributed by atoms with Gasteiger partial charge in [-0.25, -0.2) is 4.98 Å². The number of benzene rings is 2. The lowest BCUT2D eigenvalue weighted by Crippen LogP contribution is -2.36. The molecular formula is C25H26F3N5O3. The van der Waals surface area contributed by atoms with Crippen molar-refractivity contribution < 1.29 is 27.4 Å². The molecule has 1 aliphatic rings. The highest BCUT2D eigenvalue weighted by atomic mass is 19.4. The number of rotatable bonds is 8. The average Bonchev–Trinajstić information content (AvgIpc) is 2.87. The first kappa shape index (κ1) is 25.1. The predicted molar refractivity (Wildman–Crippen MR) is 131 cm³/mol. The second kappa shape index (κ2) is 10.7. The number of ether oxygens (including phenoxy) is 2. The summed E-state index contributed by atoms with van der Waals surface area (Å²) >= 11 is 0. The number of carbonyl (C=O) groups is 1. The Bertz CT molecular complexity index is 1230. The number of anilines is 4. The number of nitrogens with one attached hydrogen (secondary N) is 2. The van der Waals surface area contributed by atoms with Crippen LogP contribution in [0.2, 0.25) is 0 Å². The number of halogens is 3. The number of pyridine rings is 1. The van der Waals surface area contributed by atoms with Crippen LogP contribution in [-0.2, 0) is 17.5 Å². The molecular weight excluding hydrogens is 475 g/mol. The van der Waals surface area contributed by atoms with E-state index in [1.165, 1.54) is 19.2 Å². The number of carbonyl (C=O) groups excluding carboxylic acids is 1. The van der Waals surface area contributed by atoms with Gasteiger partial charge >= 0.3 is 6.18 Å². The molecule has 0 aliphatic carbocycles. The molecule has 0 atom stereocenters. The van der Waals surface area contributed by atoms with E-state index >= 15 is 0 Å². The van der Waals surface area contributed by atoms with E-state index in [0.717, 1.165) is 25.0 Å². The van der Waals surface area contributed by atoms with Gasteiger partial charge in [-0.1, -0.05) is 18.2 Å². The molecule has 190 valence electrons. The van der Waals surface area contributed by atoms with Crippen LogP contribution < -0.4 is 26.0 Å². The van der Waals surface area contributed by atoms with Crippen molar-refractivity contribution in [1.29, 1.82) is 0 Å². The predicted octanol–water partition coefficient (Wildman–Crippen LogP) is 4.40. The van der Waals surface area contributed by atoms with Crippen LogP contribution in [-0.4, -0.2) is 44.3 Å². The third-order valence-electron chi connectivity index (χ3n) is 5.79. The Morgan fingerprint density at radius 2 is 1.89 bits per heavy atom. The van der Waals surface area contributed by atoms with E-state index in [2.05, 4.69) is 20.5 Å². The van der Waals surface area contributed by atoms with Gasteiger partial charge in [-0.2, -0.15) is 13.2 Å². The topological polar surface area (TPSA) is 102 Å². The zero-order valence-electron chi connectivity index (χ0n) is 19.6. The summed E-state index contributed by atoms with van der Waals surface area (Å²) in [6.45, 7) is 2.74. The molecule has 2 aromatic carbocycles. The van der Waals surface area contributed by atoms with E-state index in [9.17, 15) is 18.0 Å². The number of nitrogens with two attached hydrogens (primary N) is 1. The van der Waals surface area contributed by atoms with Gasteiger partial charge in [0.15, 0.2) is 0 Å². The molecule has 0 radical (unpaired) electrons. The summed E-state index contributed by atoms with van der Waals surface area (Å²) in [5, 5.41) is 5.82. The molecule has 0 bridgehead atoms. The van der Waals surface area contributed by atoms with Crippen LogP contribution in [0.4, 0.5) is 36.1 Å². The van der Waals surface area contributed by atoms with Crippen molar-refractivity contribution >= 4 is 28.8 Å². The van der Waals surface area contributed by atoms with Crippen LogP contribution in [0.15, 0.2) is 54.7 Å². The summed E-state index contributed by atoms with van der Waals surface area (Å²) in [6, 6.07) is 13.3. The number of nitrogens with zero attached hydrogens (tertiary/aromatic N) is 2. The first-order valence-corrected chi connectivity index (χ1v) is 11.2. The molecule has 1 aliphatic heterocycles. The van der Waals surface area contributed by atoms with Crippen LogP contribution in [0.25, 0.3) is 0 Å². The first-order chi connectivity index (χ1) is 17.3. The lowest BCUT2D eigenvalue weighted by atomic mass is 10.1. The Kier molecular flexibility index (Phi) is 7.49. The normalized spacial score (nSPS) is 13.8. The highest BCUT2D eigenvalue weighted by molar-refractivity contribution is 5.94. The monoisotopic (exact) mass is 501 g/mol. The molecule has 4 rings (SSSR count). The van der Waals surface area contributed by atoms with Gasteiger partial charge in [0.2, 0.25) is 5.91 Å². The van der Waals surface area contributed by atoms with Crippen molar-refractivity contribution in [2.24, 2.45) is 5.73 Å². The molecule has 3 aromatic rings. The summed E-state index contributed by atoms with van der Waals surface area (Å²) in [6.07, 6.45) is -3.87. The molecule has 1 aromatic heterocycles. The largest absolute Gasteiger partial charge is 0.494 e. The fraction of sp³-hybridized carbons (Fsp3) is 0.280. The maximum absolute atomic E-state index is 13.7. The van der Waals surface area contributed by atoms with Crippen LogP contribution >= 0.6 is 0 Å². The number of methoxy groups -OCH3 is 1. The van der Waals surface area contributed by atoms with Gasteiger partial charge in [0.25, 0.3) is 0 Å². The maximum atomic E-state index is 13.7. The van der Waals surface area contributed by atoms with Crippen LogP contribution in [0.1, 0.15) is 21.5 Å². The number of amides is 1. The zero-order chi connectivity index (χ0) is 25.7. The molecule has 1 fully saturated rings. The van der Waals surface area contributed by atoms with Gasteiger partial charge in [0.05, 0.1) is 37.3 Å². The number of morpholine rings is 1. The van der Waals surface area contributed by atoms with Gasteiger partial charge in [0, 0.05) is 49.2 Å². The van der Waals surface area contributed by atoms with Gasteiger partial charge in [-0.05, 0) is 23.8 Å². The summed E-state index contributed by atoms with van der Waals surface area (Å²) in [5.41, 5.74) is 6.48. The van der Waals surface area contributed by atoms with Gasteiger partial charge in [-0.15, -0.1) is 0 Å². The van der Waals surface area contributed by atoms with Crippen molar-refractivity contribution in [3.05, 3.63) is 71.4 Å². The number of hydrogen-bond donors (Lipinski definition) is 3. The van der Waals surface area contributed by atoms with Crippen molar-refractivity contribution in [1.82, 2.24) is 4.98 Å². The number of alkyl halides is 3. The lowest BCUT2D eigenvalue weighted by molar-refractivity contribution is -0.137. The van der Waals surface area contributed by atoms with E-state index in [4.69, 9.17) is 15.2 Å². The molecule has 1 saturated heterocycles. The SMILES string of the molecule is COc1cc(N2CCOCC2)ccc1Nc1cc(NCc2ccccc2C(N)=O)c(C(F)(F)F)cn1. The van der Waals surface area contributed by atoms with Gasteiger partial charge in [0.1, 0.15) is 11.6 Å². The third-order valence-corrected chi connectivity index (χ3v) is 5.79. The number of hydrogen-bond acceptors (Lipinski definition) is 7. The van der Waals surface area contributed by atoms with Gasteiger partial charge in [-0.3, -0.25) is 4.79 Å². The highest BCUT2D eigenvalue weighted by Crippen LogP contribution is 2.37. The molecule has 2 heterocycles. The first-order valence-electron chi connectivity index (χ1n) is 11.2. The molecule has 0 saturated carbocycles. The summed E-state index contributed by atoms with van der Waals surface area (Å²) in [4.78, 5) is 17.8. The highest BCUT2D eigenvalue weighted by Gasteiger charge is 2.34. The Hall–Kier alpha value is -3.99. The van der Waals surface area contributed by atoms with Crippen LogP contribution in [0.3, 0.4) is 0 Å². The molecule has 8 nitrogen and oxygen atoms in total. The fourth-order valence-corrected chi connectivity index (χ4v) is 3.94. The standard InChI is InChI=1S/C25H26F3N5O3/c1-35-22-12-17(33-8-10-36-11-9-33)6-7-20(22)32-23-13-21(19(15-31-23)25(26,27)28)30-14-16-4-2-3-5-18(16)24(29)34/h2-7,12-13,15H,8-11,14H2,1H3,(H2,29,34)(H2,30,31,32). The molecule has 0 spiro atoms. The second-order valence-electron chi connectivity index (χ2n) is 8.10. The molecule has 4 N–H and O–H groups in total. The minimum atomic E-state index is -4.63. The Balaban J connectivity index is 1.59. The van der Waals surface area contributed by atoms with Crippen molar-refractivity contribution in [2.75, 3.05) is 48.9 Å². The van der Waals surface area contributed by atoms with E-state index in [0.29, 0.717) is 30.2 Å². The summed E-state index contributed by atoms with van der Waals surface area (Å²) < 4.78 is 51.9. The van der Waals surface area contributed by atoms with E-state index in [1.807, 2.05) is 12.1 Å². The van der Waals surface area contributed by atoms with Crippen molar-refractivity contribution in [2.45, 2.75) is 12.7 Å². The minimum Gasteiger partial charge on any atom is -0.494 e. The van der Waals surface area contributed by atoms with E-state index in [1.54, 1.807) is 24.3 Å². The Morgan fingerprint density at radius 3 is 2.58 bits per heavy atom. The molecule has 1 amide bonds. The van der Waals surface area contributed by atoms with E-state index in [-0.39, 0.29) is 23.6 Å². The smallest absolute Gasteiger partial charge is 0.419 e. The summed E-state index contributed by atoms with van der Waals surface area (Å²) in [7, 11) is 1.52. The molecule has 0 unspecified atom stereocenters. The number of aromatic nitrogens is 1. The Labute approximate surface area is 206 Å². The lowest BCUT2D eigenvalue weighted by Gasteiger charge is -2.29. The van der Waals surface area contributed by atoms with Gasteiger partial charge < -0.3 is 30.7 Å². The van der Waals surface area contributed by atoms with Crippen molar-refractivity contribution in [3.63, 3.8) is 0 Å². The second-order valence-corrected chi connectivity index (χ2v) is 8.10.